The Morgan fingerprint density at radius 3 is 2.62 bits per heavy atom. The first-order chi connectivity index (χ1) is 15.5. The highest BCUT2D eigenvalue weighted by Gasteiger charge is 2.21. The average Bonchev–Trinajstić information content (AvgIpc) is 3.24. The van der Waals surface area contributed by atoms with Crippen molar-refractivity contribution in [3.63, 3.8) is 0 Å². The number of pyridine rings is 1. The summed E-state index contributed by atoms with van der Waals surface area (Å²) in [6, 6.07) is 16.7. The molecular formula is C26H27N3OS2. The second-order valence-corrected chi connectivity index (χ2v) is 10.1. The lowest BCUT2D eigenvalue weighted by atomic mass is 10.1. The van der Waals surface area contributed by atoms with Crippen LogP contribution in [0.3, 0.4) is 0 Å². The van der Waals surface area contributed by atoms with Gasteiger partial charge in [0.25, 0.3) is 0 Å². The van der Waals surface area contributed by atoms with Gasteiger partial charge in [-0.15, -0.1) is 11.8 Å². The summed E-state index contributed by atoms with van der Waals surface area (Å²) < 4.78 is 1.11. The molecule has 2 aromatic heterocycles. The highest BCUT2D eigenvalue weighted by Crippen LogP contribution is 2.33. The molecule has 0 aliphatic rings. The third kappa shape index (κ3) is 5.37. The standard InChI is InChI=1S/C26H27N3OS2/c1-18-8-11-22(12-9-18)31-15-5-7-24(30)29(17-21-6-4-14-27-16-21)26-28-25-20(3)19(2)10-13-23(25)32-26/h4,6,8-14,16H,5,7,15,17H2,1-3H3. The summed E-state index contributed by atoms with van der Waals surface area (Å²) >= 11 is 3.38. The van der Waals surface area contributed by atoms with Crippen LogP contribution in [-0.2, 0) is 11.3 Å². The Morgan fingerprint density at radius 1 is 1.06 bits per heavy atom. The molecule has 0 saturated heterocycles. The number of carbonyl (C=O) groups is 1. The van der Waals surface area contributed by atoms with Gasteiger partial charge in [0.2, 0.25) is 5.91 Å². The molecule has 32 heavy (non-hydrogen) atoms. The second-order valence-electron chi connectivity index (χ2n) is 7.96. The normalized spacial score (nSPS) is 11.1. The summed E-state index contributed by atoms with van der Waals surface area (Å²) in [5, 5.41) is 0.758. The first-order valence-corrected chi connectivity index (χ1v) is 12.6. The fourth-order valence-corrected chi connectivity index (χ4v) is 5.34. The number of thiazole rings is 1. The maximum atomic E-state index is 13.3. The maximum Gasteiger partial charge on any atom is 0.229 e. The Hall–Kier alpha value is -2.70. The quantitative estimate of drug-likeness (QED) is 0.216. The van der Waals surface area contributed by atoms with Crippen molar-refractivity contribution in [2.75, 3.05) is 10.7 Å². The topological polar surface area (TPSA) is 46.1 Å². The molecule has 4 aromatic rings. The number of aryl methyl sites for hydroxylation is 3. The van der Waals surface area contributed by atoms with Crippen LogP contribution in [0.15, 0.2) is 65.8 Å². The van der Waals surface area contributed by atoms with E-state index in [1.807, 2.05) is 23.2 Å². The monoisotopic (exact) mass is 461 g/mol. The van der Waals surface area contributed by atoms with Crippen LogP contribution < -0.4 is 4.90 Å². The van der Waals surface area contributed by atoms with Gasteiger partial charge in [-0.2, -0.15) is 0 Å². The molecule has 0 saturated carbocycles. The highest BCUT2D eigenvalue weighted by molar-refractivity contribution is 7.99. The molecule has 4 nitrogen and oxygen atoms in total. The maximum absolute atomic E-state index is 13.3. The number of hydrogen-bond donors (Lipinski definition) is 0. The second kappa shape index (κ2) is 10.3. The van der Waals surface area contributed by atoms with E-state index in [2.05, 4.69) is 62.2 Å². The summed E-state index contributed by atoms with van der Waals surface area (Å²) in [6.45, 7) is 6.76. The van der Waals surface area contributed by atoms with Crippen LogP contribution in [0.4, 0.5) is 5.13 Å². The summed E-state index contributed by atoms with van der Waals surface area (Å²) in [7, 11) is 0. The zero-order valence-corrected chi connectivity index (χ0v) is 20.3. The molecule has 0 aliphatic heterocycles. The summed E-state index contributed by atoms with van der Waals surface area (Å²) in [6.07, 6.45) is 4.88. The van der Waals surface area contributed by atoms with Crippen molar-refractivity contribution >= 4 is 44.4 Å². The number of fused-ring (bicyclic) bond motifs is 1. The number of hydrogen-bond acceptors (Lipinski definition) is 5. The molecule has 0 atom stereocenters. The van der Waals surface area contributed by atoms with E-state index in [-0.39, 0.29) is 5.91 Å². The Labute approximate surface area is 197 Å². The number of thioether (sulfide) groups is 1. The van der Waals surface area contributed by atoms with Gasteiger partial charge in [0.15, 0.2) is 5.13 Å². The Morgan fingerprint density at radius 2 is 1.88 bits per heavy atom. The van der Waals surface area contributed by atoms with Gasteiger partial charge >= 0.3 is 0 Å². The lowest BCUT2D eigenvalue weighted by Crippen LogP contribution is -2.30. The molecule has 4 rings (SSSR count). The number of anilines is 1. The minimum absolute atomic E-state index is 0.104. The summed E-state index contributed by atoms with van der Waals surface area (Å²) in [5.41, 5.74) is 5.64. The zero-order valence-electron chi connectivity index (χ0n) is 18.7. The van der Waals surface area contributed by atoms with E-state index in [9.17, 15) is 4.79 Å². The van der Waals surface area contributed by atoms with Crippen molar-refractivity contribution in [2.45, 2.75) is 45.1 Å². The number of aromatic nitrogens is 2. The molecule has 6 heteroatoms. The molecule has 0 bridgehead atoms. The molecule has 0 spiro atoms. The number of nitrogens with zero attached hydrogens (tertiary/aromatic N) is 3. The van der Waals surface area contributed by atoms with Gasteiger partial charge in [0, 0.05) is 23.7 Å². The molecule has 0 aliphatic carbocycles. The van der Waals surface area contributed by atoms with E-state index in [4.69, 9.17) is 4.98 Å². The minimum atomic E-state index is 0.104. The smallest absolute Gasteiger partial charge is 0.229 e. The SMILES string of the molecule is Cc1ccc(SCCCC(=O)N(Cc2cccnc2)c2nc3c(C)c(C)ccc3s2)cc1. The molecule has 1 amide bonds. The van der Waals surface area contributed by atoms with E-state index in [1.54, 1.807) is 29.3 Å². The molecule has 2 heterocycles. The third-order valence-corrected chi connectivity index (χ3v) is 7.64. The van der Waals surface area contributed by atoms with Crippen molar-refractivity contribution in [3.8, 4) is 0 Å². The highest BCUT2D eigenvalue weighted by atomic mass is 32.2. The molecular weight excluding hydrogens is 434 g/mol. The van der Waals surface area contributed by atoms with Gasteiger partial charge in [0.1, 0.15) is 0 Å². The lowest BCUT2D eigenvalue weighted by Gasteiger charge is -2.20. The predicted octanol–water partition coefficient (Wildman–Crippen LogP) is 6.72. The van der Waals surface area contributed by atoms with Crippen LogP contribution in [0.1, 0.15) is 35.1 Å². The average molecular weight is 462 g/mol. The lowest BCUT2D eigenvalue weighted by molar-refractivity contribution is -0.118. The fourth-order valence-electron chi connectivity index (χ4n) is 3.45. The van der Waals surface area contributed by atoms with Gasteiger partial charge in [-0.05, 0) is 73.9 Å². The van der Waals surface area contributed by atoms with Crippen molar-refractivity contribution in [2.24, 2.45) is 0 Å². The van der Waals surface area contributed by atoms with Crippen molar-refractivity contribution < 1.29 is 4.79 Å². The van der Waals surface area contributed by atoms with Gasteiger partial charge < -0.3 is 0 Å². The van der Waals surface area contributed by atoms with Crippen LogP contribution in [0.5, 0.6) is 0 Å². The van der Waals surface area contributed by atoms with Crippen LogP contribution in [0, 0.1) is 20.8 Å². The molecule has 0 unspecified atom stereocenters. The molecule has 0 radical (unpaired) electrons. The molecule has 0 fully saturated rings. The van der Waals surface area contributed by atoms with E-state index in [0.29, 0.717) is 13.0 Å². The molecule has 0 N–H and O–H groups in total. The van der Waals surface area contributed by atoms with Crippen LogP contribution >= 0.6 is 23.1 Å². The number of rotatable bonds is 8. The van der Waals surface area contributed by atoms with Crippen LogP contribution in [0.25, 0.3) is 10.2 Å². The van der Waals surface area contributed by atoms with Gasteiger partial charge in [-0.25, -0.2) is 4.98 Å². The van der Waals surface area contributed by atoms with Crippen LogP contribution in [-0.4, -0.2) is 21.6 Å². The third-order valence-electron chi connectivity index (χ3n) is 5.49. The Kier molecular flexibility index (Phi) is 7.22. The largest absolute Gasteiger partial charge is 0.284 e. The number of amides is 1. The number of carbonyl (C=O) groups excluding carboxylic acids is 1. The molecule has 164 valence electrons. The number of benzene rings is 2. The van der Waals surface area contributed by atoms with Gasteiger partial charge in [-0.1, -0.05) is 41.2 Å². The minimum Gasteiger partial charge on any atom is -0.284 e. The summed E-state index contributed by atoms with van der Waals surface area (Å²) in [5.74, 6) is 1.01. The Balaban J connectivity index is 1.49. The van der Waals surface area contributed by atoms with Gasteiger partial charge in [-0.3, -0.25) is 14.7 Å². The fraction of sp³-hybridized carbons (Fsp3) is 0.269. The van der Waals surface area contributed by atoms with Crippen molar-refractivity contribution in [1.29, 1.82) is 0 Å². The van der Waals surface area contributed by atoms with Crippen LogP contribution in [0.2, 0.25) is 0 Å². The molecule has 2 aromatic carbocycles. The van der Waals surface area contributed by atoms with E-state index >= 15 is 0 Å². The van der Waals surface area contributed by atoms with Crippen molar-refractivity contribution in [1.82, 2.24) is 9.97 Å². The van der Waals surface area contributed by atoms with E-state index < -0.39 is 0 Å². The predicted molar refractivity (Wildman–Crippen MR) is 136 cm³/mol. The first kappa shape index (κ1) is 22.5. The van der Waals surface area contributed by atoms with E-state index in [1.165, 1.54) is 21.6 Å². The van der Waals surface area contributed by atoms with E-state index in [0.717, 1.165) is 33.1 Å². The summed E-state index contributed by atoms with van der Waals surface area (Å²) in [4.78, 5) is 25.5. The first-order valence-electron chi connectivity index (χ1n) is 10.8. The zero-order chi connectivity index (χ0) is 22.5. The van der Waals surface area contributed by atoms with Gasteiger partial charge in [0.05, 0.1) is 16.8 Å². The van der Waals surface area contributed by atoms with Crippen molar-refractivity contribution in [3.05, 3.63) is 83.2 Å². The Bertz CT molecular complexity index is 1200.